The van der Waals surface area contributed by atoms with E-state index in [9.17, 15) is 0 Å². The van der Waals surface area contributed by atoms with E-state index >= 15 is 0 Å². The Morgan fingerprint density at radius 1 is 0.680 bits per heavy atom. The number of hydrogen-bond donors (Lipinski definition) is 0. The van der Waals surface area contributed by atoms with Gasteiger partial charge in [-0.2, -0.15) is 9.13 Å². The van der Waals surface area contributed by atoms with Crippen molar-refractivity contribution in [3.8, 4) is 0 Å². The first-order chi connectivity index (χ1) is 12.2. The Morgan fingerprint density at radius 2 is 1.12 bits per heavy atom. The number of aromatic nitrogens is 4. The van der Waals surface area contributed by atoms with Crippen molar-refractivity contribution in [1.29, 1.82) is 0 Å². The van der Waals surface area contributed by atoms with Crippen molar-refractivity contribution in [2.45, 2.75) is 98.8 Å². The Labute approximate surface area is 154 Å². The van der Waals surface area contributed by atoms with Crippen molar-refractivity contribution >= 4 is 0 Å². The summed E-state index contributed by atoms with van der Waals surface area (Å²) in [5.74, 6) is 2.69. The summed E-state index contributed by atoms with van der Waals surface area (Å²) in [7, 11) is 0. The van der Waals surface area contributed by atoms with Gasteiger partial charge in [0.05, 0.1) is 13.1 Å². The largest absolute Gasteiger partial charge is 0.256 e. The maximum absolute atomic E-state index is 2.40. The highest BCUT2D eigenvalue weighted by molar-refractivity contribution is 4.81. The number of imidazole rings is 2. The molecule has 2 rings (SSSR count). The molecule has 4 nitrogen and oxygen atoms in total. The average molecular weight is 347 g/mol. The summed E-state index contributed by atoms with van der Waals surface area (Å²) in [6.45, 7) is 12.2. The zero-order valence-corrected chi connectivity index (χ0v) is 16.9. The van der Waals surface area contributed by atoms with Crippen LogP contribution < -0.4 is 9.13 Å². The van der Waals surface area contributed by atoms with Gasteiger partial charge in [0, 0.05) is 13.8 Å². The lowest BCUT2D eigenvalue weighted by Gasteiger charge is -2.02. The van der Waals surface area contributed by atoms with Crippen LogP contribution in [-0.2, 0) is 19.8 Å². The van der Waals surface area contributed by atoms with Gasteiger partial charge in [-0.25, -0.2) is 9.13 Å². The van der Waals surface area contributed by atoms with Gasteiger partial charge in [-0.1, -0.05) is 39.5 Å². The lowest BCUT2D eigenvalue weighted by atomic mass is 10.2. The van der Waals surface area contributed by atoms with Gasteiger partial charge in [0.2, 0.25) is 6.67 Å². The third-order valence-corrected chi connectivity index (χ3v) is 5.33. The van der Waals surface area contributed by atoms with E-state index in [1.54, 1.807) is 0 Å². The first-order valence-corrected chi connectivity index (χ1v) is 10.3. The topological polar surface area (TPSA) is 17.6 Å². The van der Waals surface area contributed by atoms with Gasteiger partial charge in [0.1, 0.15) is 24.8 Å². The minimum absolute atomic E-state index is 0.904. The van der Waals surface area contributed by atoms with Crippen LogP contribution in [0.25, 0.3) is 0 Å². The summed E-state index contributed by atoms with van der Waals surface area (Å²) in [5, 5.41) is 0. The molecule has 0 unspecified atom stereocenters. The van der Waals surface area contributed by atoms with E-state index in [4.69, 9.17) is 0 Å². The predicted octanol–water partition coefficient (Wildman–Crippen LogP) is 4.15. The molecule has 0 amide bonds. The summed E-state index contributed by atoms with van der Waals surface area (Å²) in [5.41, 5.74) is 0. The van der Waals surface area contributed by atoms with E-state index in [0.29, 0.717) is 0 Å². The van der Waals surface area contributed by atoms with Crippen LogP contribution in [0.4, 0.5) is 0 Å². The quantitative estimate of drug-likeness (QED) is 0.406. The Bertz CT molecular complexity index is 570. The lowest BCUT2D eigenvalue weighted by molar-refractivity contribution is -0.917. The normalized spacial score (nSPS) is 11.4. The number of hydrogen-bond acceptors (Lipinski definition) is 0. The summed E-state index contributed by atoms with van der Waals surface area (Å²) < 4.78 is 9.50. The van der Waals surface area contributed by atoms with Crippen molar-refractivity contribution in [2.75, 3.05) is 0 Å². The number of rotatable bonds is 12. The summed E-state index contributed by atoms with van der Waals surface area (Å²) in [6.07, 6.45) is 19.4. The third-order valence-electron chi connectivity index (χ3n) is 5.33. The number of unbranched alkanes of at least 4 members (excludes halogenated alkanes) is 6. The van der Waals surface area contributed by atoms with Gasteiger partial charge in [-0.3, -0.25) is 0 Å². The second-order valence-corrected chi connectivity index (χ2v) is 7.28. The summed E-state index contributed by atoms with van der Waals surface area (Å²) in [6, 6.07) is 0. The highest BCUT2D eigenvalue weighted by Gasteiger charge is 2.18. The molecule has 2 heterocycles. The minimum Gasteiger partial charge on any atom is -0.234 e. The number of nitrogens with zero attached hydrogens (tertiary/aromatic N) is 4. The molecule has 2 aromatic rings. The Morgan fingerprint density at radius 3 is 1.52 bits per heavy atom. The molecule has 0 aliphatic rings. The van der Waals surface area contributed by atoms with Crippen LogP contribution in [0, 0.1) is 13.8 Å². The molecule has 0 aromatic carbocycles. The highest BCUT2D eigenvalue weighted by atomic mass is 15.3. The van der Waals surface area contributed by atoms with E-state index in [-0.39, 0.29) is 0 Å². The molecule has 0 spiro atoms. The van der Waals surface area contributed by atoms with Crippen molar-refractivity contribution < 1.29 is 9.13 Å². The fourth-order valence-electron chi connectivity index (χ4n) is 3.44. The van der Waals surface area contributed by atoms with E-state index in [2.05, 4.69) is 70.8 Å². The highest BCUT2D eigenvalue weighted by Crippen LogP contribution is 2.04. The predicted molar refractivity (Wildman–Crippen MR) is 102 cm³/mol. The van der Waals surface area contributed by atoms with Gasteiger partial charge in [0.15, 0.2) is 0 Å². The third kappa shape index (κ3) is 5.72. The molecule has 140 valence electrons. The molecule has 0 radical (unpaired) electrons. The molecule has 0 aliphatic carbocycles. The molecular formula is C21H38N4+2. The molecular weight excluding hydrogens is 308 g/mol. The van der Waals surface area contributed by atoms with Gasteiger partial charge in [0.25, 0.3) is 11.6 Å². The van der Waals surface area contributed by atoms with Crippen LogP contribution in [0.15, 0.2) is 24.8 Å². The van der Waals surface area contributed by atoms with Crippen LogP contribution in [0.3, 0.4) is 0 Å². The van der Waals surface area contributed by atoms with Crippen LogP contribution in [0.1, 0.15) is 76.9 Å². The smallest absolute Gasteiger partial charge is 0.234 e. The van der Waals surface area contributed by atoms with Crippen LogP contribution in [-0.4, -0.2) is 9.13 Å². The van der Waals surface area contributed by atoms with Crippen LogP contribution >= 0.6 is 0 Å². The molecule has 25 heavy (non-hydrogen) atoms. The Balaban J connectivity index is 1.91. The Kier molecular flexibility index (Phi) is 8.23. The van der Waals surface area contributed by atoms with Gasteiger partial charge in [-0.15, -0.1) is 0 Å². The molecule has 0 atom stereocenters. The molecule has 0 aliphatic heterocycles. The molecule has 0 fully saturated rings. The second kappa shape index (κ2) is 10.4. The zero-order chi connectivity index (χ0) is 18.1. The lowest BCUT2D eigenvalue weighted by Crippen LogP contribution is -2.53. The van der Waals surface area contributed by atoms with Crippen molar-refractivity contribution in [1.82, 2.24) is 9.13 Å². The zero-order valence-electron chi connectivity index (χ0n) is 16.9. The van der Waals surface area contributed by atoms with Gasteiger partial charge < -0.3 is 0 Å². The van der Waals surface area contributed by atoms with Gasteiger partial charge in [-0.05, 0) is 25.7 Å². The first kappa shape index (κ1) is 19.7. The van der Waals surface area contributed by atoms with Crippen molar-refractivity contribution in [3.05, 3.63) is 36.4 Å². The number of aryl methyl sites for hydroxylation is 2. The summed E-state index contributed by atoms with van der Waals surface area (Å²) in [4.78, 5) is 0. The standard InChI is InChI=1S/C21H38N4/c1-5-7-9-11-13-22-15-17-24(20(22)3)19-25-18-16-23(21(25)4)14-12-10-8-6-2/h15-18H,5-14,19H2,1-4H3/q+2. The molecule has 0 saturated heterocycles. The second-order valence-electron chi connectivity index (χ2n) is 7.28. The van der Waals surface area contributed by atoms with Crippen molar-refractivity contribution in [2.24, 2.45) is 0 Å². The van der Waals surface area contributed by atoms with E-state index in [1.165, 1.54) is 63.0 Å². The monoisotopic (exact) mass is 346 g/mol. The molecule has 0 bridgehead atoms. The van der Waals surface area contributed by atoms with Gasteiger partial charge >= 0.3 is 0 Å². The minimum atomic E-state index is 0.904. The van der Waals surface area contributed by atoms with Crippen LogP contribution in [0.2, 0.25) is 0 Å². The maximum atomic E-state index is 2.40. The van der Waals surface area contributed by atoms with Crippen molar-refractivity contribution in [3.63, 3.8) is 0 Å². The fraction of sp³-hybridized carbons (Fsp3) is 0.714. The molecule has 0 saturated carbocycles. The first-order valence-electron chi connectivity index (χ1n) is 10.3. The van der Waals surface area contributed by atoms with Crippen LogP contribution in [0.5, 0.6) is 0 Å². The summed E-state index contributed by atoms with van der Waals surface area (Å²) >= 11 is 0. The average Bonchev–Trinajstić information content (AvgIpc) is 3.13. The molecule has 0 N–H and O–H groups in total. The van der Waals surface area contributed by atoms with E-state index in [0.717, 1.165) is 19.8 Å². The molecule has 4 heteroatoms. The maximum Gasteiger partial charge on any atom is 0.256 e. The SMILES string of the molecule is CCCCCCn1cc[n+](C[n+]2ccn(CCCCCC)c2C)c1C. The van der Waals surface area contributed by atoms with E-state index < -0.39 is 0 Å². The van der Waals surface area contributed by atoms with E-state index in [1.807, 2.05) is 0 Å². The fourth-order valence-corrected chi connectivity index (χ4v) is 3.44. The Hall–Kier alpha value is -1.58. The molecule has 2 aromatic heterocycles.